The van der Waals surface area contributed by atoms with Gasteiger partial charge in [0.15, 0.2) is 5.13 Å². The first-order valence-electron chi connectivity index (χ1n) is 10.5. The van der Waals surface area contributed by atoms with E-state index in [1.165, 1.54) is 16.9 Å². The van der Waals surface area contributed by atoms with Crippen LogP contribution in [0.1, 0.15) is 36.1 Å². The summed E-state index contributed by atoms with van der Waals surface area (Å²) in [6, 6.07) is 10.1. The molecule has 0 saturated heterocycles. The van der Waals surface area contributed by atoms with Crippen molar-refractivity contribution in [1.82, 2.24) is 9.88 Å². The highest BCUT2D eigenvalue weighted by atomic mass is 35.5. The van der Waals surface area contributed by atoms with E-state index < -0.39 is 0 Å². The molecule has 160 valence electrons. The predicted molar refractivity (Wildman–Crippen MR) is 129 cm³/mol. The molecule has 30 heavy (non-hydrogen) atoms. The zero-order valence-electron chi connectivity index (χ0n) is 18.5. The van der Waals surface area contributed by atoms with Crippen molar-refractivity contribution in [3.05, 3.63) is 57.6 Å². The Labute approximate surface area is 188 Å². The molecule has 0 atom stereocenters. The maximum atomic E-state index is 13.5. The van der Waals surface area contributed by atoms with Crippen LogP contribution >= 0.6 is 22.9 Å². The summed E-state index contributed by atoms with van der Waals surface area (Å²) >= 11 is 7.87. The van der Waals surface area contributed by atoms with Crippen LogP contribution in [0.25, 0.3) is 10.2 Å². The fraction of sp³-hybridized carbons (Fsp3) is 0.417. The molecule has 0 unspecified atom stereocenters. The largest absolute Gasteiger partial charge is 0.302 e. The van der Waals surface area contributed by atoms with Crippen LogP contribution in [0.3, 0.4) is 0 Å². The lowest BCUT2D eigenvalue weighted by Crippen LogP contribution is -2.39. The zero-order chi connectivity index (χ0) is 21.8. The average molecular weight is 444 g/mol. The minimum atomic E-state index is 0.0763. The number of thiazole rings is 1. The van der Waals surface area contributed by atoms with Crippen molar-refractivity contribution in [2.45, 2.75) is 41.0 Å². The van der Waals surface area contributed by atoms with Gasteiger partial charge < -0.3 is 4.90 Å². The van der Waals surface area contributed by atoms with Crippen molar-refractivity contribution in [2.75, 3.05) is 31.1 Å². The Morgan fingerprint density at radius 1 is 1.07 bits per heavy atom. The number of hydrogen-bond acceptors (Lipinski definition) is 4. The van der Waals surface area contributed by atoms with Crippen LogP contribution in [0.2, 0.25) is 5.02 Å². The highest BCUT2D eigenvalue weighted by Gasteiger charge is 2.22. The number of aromatic nitrogens is 1. The summed E-state index contributed by atoms with van der Waals surface area (Å²) in [5.74, 6) is 0.0763. The summed E-state index contributed by atoms with van der Waals surface area (Å²) in [6.45, 7) is 13.9. The maximum absolute atomic E-state index is 13.5. The van der Waals surface area contributed by atoms with Crippen LogP contribution in [0.4, 0.5) is 5.13 Å². The Bertz CT molecular complexity index is 1020. The highest BCUT2D eigenvalue weighted by Crippen LogP contribution is 2.33. The number of amides is 1. The molecule has 0 fully saturated rings. The average Bonchev–Trinajstić information content (AvgIpc) is 3.13. The normalized spacial score (nSPS) is 11.4. The lowest BCUT2D eigenvalue weighted by molar-refractivity contribution is -0.118. The third-order valence-corrected chi connectivity index (χ3v) is 6.94. The molecule has 0 aliphatic carbocycles. The monoisotopic (exact) mass is 443 g/mol. The summed E-state index contributed by atoms with van der Waals surface area (Å²) < 4.78 is 1.00. The summed E-state index contributed by atoms with van der Waals surface area (Å²) in [5, 5.41) is 1.34. The van der Waals surface area contributed by atoms with Gasteiger partial charge in [0.25, 0.3) is 0 Å². The molecule has 1 amide bonds. The Morgan fingerprint density at radius 3 is 2.33 bits per heavy atom. The van der Waals surface area contributed by atoms with E-state index in [4.69, 9.17) is 16.6 Å². The van der Waals surface area contributed by atoms with Gasteiger partial charge in [0, 0.05) is 13.1 Å². The third-order valence-electron chi connectivity index (χ3n) is 5.59. The van der Waals surface area contributed by atoms with Gasteiger partial charge >= 0.3 is 0 Å². The first kappa shape index (κ1) is 22.7. The van der Waals surface area contributed by atoms with Gasteiger partial charge in [-0.3, -0.25) is 9.69 Å². The topological polar surface area (TPSA) is 36.4 Å². The van der Waals surface area contributed by atoms with Gasteiger partial charge in [-0.1, -0.05) is 60.5 Å². The predicted octanol–water partition coefficient (Wildman–Crippen LogP) is 5.79. The number of halogens is 1. The van der Waals surface area contributed by atoms with Gasteiger partial charge in [-0.15, -0.1) is 0 Å². The molecule has 0 aliphatic rings. The number of carbonyl (C=O) groups excluding carboxylic acids is 1. The highest BCUT2D eigenvalue weighted by molar-refractivity contribution is 7.22. The molecular formula is C24H30ClN3OS. The lowest BCUT2D eigenvalue weighted by Gasteiger charge is -2.25. The van der Waals surface area contributed by atoms with E-state index in [1.54, 1.807) is 0 Å². The SMILES string of the molecule is CCN(CC)CCN(C(=O)Cc1c(C)cc(C)cc1C)c1nc2c(Cl)cccc2s1. The molecular weight excluding hydrogens is 414 g/mol. The molecule has 0 aliphatic heterocycles. The summed E-state index contributed by atoms with van der Waals surface area (Å²) in [5.41, 5.74) is 5.43. The maximum Gasteiger partial charge on any atom is 0.233 e. The molecule has 0 radical (unpaired) electrons. The van der Waals surface area contributed by atoms with E-state index >= 15 is 0 Å². The van der Waals surface area contributed by atoms with Gasteiger partial charge in [0.05, 0.1) is 16.1 Å². The van der Waals surface area contributed by atoms with E-state index in [-0.39, 0.29) is 5.91 Å². The minimum absolute atomic E-state index is 0.0763. The lowest BCUT2D eigenvalue weighted by atomic mass is 9.97. The second-order valence-electron chi connectivity index (χ2n) is 7.71. The first-order chi connectivity index (χ1) is 14.3. The number of likely N-dealkylation sites (N-methyl/N-ethyl adjacent to an activating group) is 1. The number of carbonyl (C=O) groups is 1. The third kappa shape index (κ3) is 5.02. The molecule has 0 N–H and O–H groups in total. The quantitative estimate of drug-likeness (QED) is 0.442. The Hall–Kier alpha value is -1.95. The number of hydrogen-bond donors (Lipinski definition) is 0. The van der Waals surface area contributed by atoms with Crippen LogP contribution in [0.15, 0.2) is 30.3 Å². The van der Waals surface area contributed by atoms with Gasteiger partial charge in [-0.2, -0.15) is 0 Å². The van der Waals surface area contributed by atoms with E-state index in [9.17, 15) is 4.79 Å². The van der Waals surface area contributed by atoms with E-state index in [0.717, 1.165) is 51.7 Å². The minimum Gasteiger partial charge on any atom is -0.302 e. The van der Waals surface area contributed by atoms with Gasteiger partial charge in [-0.05, 0) is 62.7 Å². The number of anilines is 1. The van der Waals surface area contributed by atoms with Crippen molar-refractivity contribution >= 4 is 44.2 Å². The van der Waals surface area contributed by atoms with E-state index in [0.29, 0.717) is 18.0 Å². The molecule has 4 nitrogen and oxygen atoms in total. The van der Waals surface area contributed by atoms with Crippen LogP contribution in [-0.4, -0.2) is 42.0 Å². The second-order valence-corrected chi connectivity index (χ2v) is 9.13. The second kappa shape index (κ2) is 9.90. The molecule has 2 aromatic carbocycles. The fourth-order valence-corrected chi connectivity index (χ4v) is 5.17. The van der Waals surface area contributed by atoms with Gasteiger partial charge in [-0.25, -0.2) is 4.98 Å². The van der Waals surface area contributed by atoms with Crippen LogP contribution in [0.5, 0.6) is 0 Å². The summed E-state index contributed by atoms with van der Waals surface area (Å²) in [4.78, 5) is 22.4. The molecule has 0 spiro atoms. The molecule has 1 aromatic heterocycles. The van der Waals surface area contributed by atoms with E-state index in [1.807, 2.05) is 23.1 Å². The Morgan fingerprint density at radius 2 is 1.73 bits per heavy atom. The van der Waals surface area contributed by atoms with E-state index in [2.05, 4.69) is 51.7 Å². The number of nitrogens with zero attached hydrogens (tertiary/aromatic N) is 3. The van der Waals surface area contributed by atoms with Gasteiger partial charge in [0.2, 0.25) is 5.91 Å². The smallest absolute Gasteiger partial charge is 0.233 e. The number of aryl methyl sites for hydroxylation is 3. The van der Waals surface area contributed by atoms with Crippen LogP contribution in [0, 0.1) is 20.8 Å². The van der Waals surface area contributed by atoms with Crippen molar-refractivity contribution < 1.29 is 4.79 Å². The standard InChI is InChI=1S/C24H30ClN3OS/c1-6-27(7-2)11-12-28(24-26-23-20(25)9-8-10-21(23)30-24)22(29)15-19-17(4)13-16(3)14-18(19)5/h8-10,13-14H,6-7,11-12,15H2,1-5H3. The number of para-hydroxylation sites is 1. The molecule has 0 saturated carbocycles. The van der Waals surface area contributed by atoms with Crippen LogP contribution < -0.4 is 4.90 Å². The Balaban J connectivity index is 1.94. The van der Waals surface area contributed by atoms with Gasteiger partial charge in [0.1, 0.15) is 5.52 Å². The fourth-order valence-electron chi connectivity index (χ4n) is 3.86. The number of benzene rings is 2. The Kier molecular flexibility index (Phi) is 7.50. The van der Waals surface area contributed by atoms with Crippen molar-refractivity contribution in [3.63, 3.8) is 0 Å². The number of fused-ring (bicyclic) bond motifs is 1. The summed E-state index contributed by atoms with van der Waals surface area (Å²) in [6.07, 6.45) is 0.375. The number of rotatable bonds is 8. The first-order valence-corrected chi connectivity index (χ1v) is 11.7. The van der Waals surface area contributed by atoms with Crippen LogP contribution in [-0.2, 0) is 11.2 Å². The molecule has 0 bridgehead atoms. The zero-order valence-corrected chi connectivity index (χ0v) is 20.0. The molecule has 1 heterocycles. The van der Waals surface area contributed by atoms with Crippen molar-refractivity contribution in [3.8, 4) is 0 Å². The summed E-state index contributed by atoms with van der Waals surface area (Å²) in [7, 11) is 0. The molecule has 3 aromatic rings. The van der Waals surface area contributed by atoms with Crippen molar-refractivity contribution in [1.29, 1.82) is 0 Å². The molecule has 6 heteroatoms. The van der Waals surface area contributed by atoms with Crippen molar-refractivity contribution in [2.24, 2.45) is 0 Å². The molecule has 3 rings (SSSR count).